The molecule has 0 spiro atoms. The van der Waals surface area contributed by atoms with Crippen LogP contribution in [-0.2, 0) is 0 Å². The van der Waals surface area contributed by atoms with Gasteiger partial charge in [-0.1, -0.05) is 72.5 Å². The molecule has 0 aromatic rings. The molecule has 1 nitrogen and oxygen atoms in total. The Morgan fingerprint density at radius 3 is 2.37 bits per heavy atom. The van der Waals surface area contributed by atoms with Crippen LogP contribution in [-0.4, -0.2) is 11.2 Å². The van der Waals surface area contributed by atoms with Gasteiger partial charge in [0.25, 0.3) is 0 Å². The Kier molecular flexibility index (Phi) is 6.28. The predicted octanol–water partition coefficient (Wildman–Crippen LogP) is 8.02. The summed E-state index contributed by atoms with van der Waals surface area (Å²) in [5.41, 5.74) is 4.76. The first-order valence-corrected chi connectivity index (χ1v) is 13.5. The molecule has 0 unspecified atom stereocenters. The van der Waals surface area contributed by atoms with Gasteiger partial charge >= 0.3 is 0 Å². The highest BCUT2D eigenvalue weighted by molar-refractivity contribution is 5.35. The summed E-state index contributed by atoms with van der Waals surface area (Å²) in [6.45, 7) is 17.4. The number of allylic oxidation sites excluding steroid dienone is 2. The Morgan fingerprint density at radius 2 is 1.67 bits per heavy atom. The van der Waals surface area contributed by atoms with Crippen molar-refractivity contribution < 1.29 is 5.11 Å². The molecular formula is C29H50O. The highest BCUT2D eigenvalue weighted by atomic mass is 16.3. The summed E-state index contributed by atoms with van der Waals surface area (Å²) in [5, 5.41) is 10.5. The lowest BCUT2D eigenvalue weighted by molar-refractivity contribution is -0.0779. The van der Waals surface area contributed by atoms with Gasteiger partial charge in [0.2, 0.25) is 0 Å². The van der Waals surface area contributed by atoms with Crippen molar-refractivity contribution in [3.8, 4) is 0 Å². The van der Waals surface area contributed by atoms with Gasteiger partial charge in [-0.25, -0.2) is 0 Å². The van der Waals surface area contributed by atoms with Crippen LogP contribution < -0.4 is 0 Å². The van der Waals surface area contributed by atoms with Gasteiger partial charge in [-0.15, -0.1) is 0 Å². The van der Waals surface area contributed by atoms with Crippen molar-refractivity contribution in [2.24, 2.45) is 52.3 Å². The van der Waals surface area contributed by atoms with Crippen LogP contribution in [0.3, 0.4) is 0 Å². The summed E-state index contributed by atoms with van der Waals surface area (Å²) >= 11 is 0. The molecule has 1 N–H and O–H groups in total. The first-order valence-electron chi connectivity index (χ1n) is 13.5. The van der Waals surface area contributed by atoms with Gasteiger partial charge in [0, 0.05) is 0 Å². The second-order valence-corrected chi connectivity index (χ2v) is 13.0. The maximum Gasteiger partial charge on any atom is 0.0568 e. The van der Waals surface area contributed by atoms with Crippen LogP contribution in [0.2, 0.25) is 0 Å². The average molecular weight is 415 g/mol. The minimum Gasteiger partial charge on any atom is -0.393 e. The lowest BCUT2D eigenvalue weighted by Crippen LogP contribution is -2.51. The molecule has 3 saturated carbocycles. The van der Waals surface area contributed by atoms with Gasteiger partial charge in [0.1, 0.15) is 0 Å². The molecule has 4 rings (SSSR count). The third kappa shape index (κ3) is 3.54. The van der Waals surface area contributed by atoms with Crippen molar-refractivity contribution >= 4 is 0 Å². The van der Waals surface area contributed by atoms with Crippen LogP contribution in [0.25, 0.3) is 0 Å². The van der Waals surface area contributed by atoms with Crippen LogP contribution in [0.1, 0.15) is 113 Å². The topological polar surface area (TPSA) is 20.2 Å². The van der Waals surface area contributed by atoms with Crippen molar-refractivity contribution in [1.82, 2.24) is 0 Å². The largest absolute Gasteiger partial charge is 0.393 e. The fourth-order valence-corrected chi connectivity index (χ4v) is 8.96. The number of aliphatic hydroxyl groups excluding tert-OH is 1. The summed E-state index contributed by atoms with van der Waals surface area (Å²) in [4.78, 5) is 0. The van der Waals surface area contributed by atoms with E-state index in [4.69, 9.17) is 0 Å². The second kappa shape index (κ2) is 8.24. The summed E-state index contributed by atoms with van der Waals surface area (Å²) in [7, 11) is 0. The number of rotatable bonds is 5. The van der Waals surface area contributed by atoms with E-state index in [0.717, 1.165) is 41.9 Å². The molecular weight excluding hydrogens is 364 g/mol. The summed E-state index contributed by atoms with van der Waals surface area (Å²) < 4.78 is 0. The van der Waals surface area contributed by atoms with E-state index in [-0.39, 0.29) is 6.10 Å². The molecule has 172 valence electrons. The van der Waals surface area contributed by atoms with E-state index in [1.807, 2.05) is 11.1 Å². The monoisotopic (exact) mass is 414 g/mol. The van der Waals surface area contributed by atoms with Gasteiger partial charge in [-0.2, -0.15) is 0 Å². The van der Waals surface area contributed by atoms with E-state index in [2.05, 4.69) is 48.5 Å². The summed E-state index contributed by atoms with van der Waals surface area (Å²) in [6, 6.07) is 0. The van der Waals surface area contributed by atoms with Gasteiger partial charge in [-0.3, -0.25) is 0 Å². The third-order valence-corrected chi connectivity index (χ3v) is 11.5. The molecule has 0 amide bonds. The molecule has 0 heterocycles. The van der Waals surface area contributed by atoms with Gasteiger partial charge in [0.15, 0.2) is 0 Å². The van der Waals surface area contributed by atoms with E-state index in [1.165, 1.54) is 57.8 Å². The highest BCUT2D eigenvalue weighted by Gasteiger charge is 2.56. The maximum absolute atomic E-state index is 10.5. The van der Waals surface area contributed by atoms with E-state index in [1.54, 1.807) is 0 Å². The molecule has 3 fully saturated rings. The zero-order valence-corrected chi connectivity index (χ0v) is 21.1. The maximum atomic E-state index is 10.5. The van der Waals surface area contributed by atoms with Crippen LogP contribution >= 0.6 is 0 Å². The Balaban J connectivity index is 1.55. The zero-order valence-electron chi connectivity index (χ0n) is 21.1. The lowest BCUT2D eigenvalue weighted by Gasteiger charge is -2.58. The fourth-order valence-electron chi connectivity index (χ4n) is 8.96. The minimum atomic E-state index is -0.0592. The van der Waals surface area contributed by atoms with Crippen molar-refractivity contribution in [3.05, 3.63) is 11.1 Å². The first kappa shape index (κ1) is 22.9. The van der Waals surface area contributed by atoms with Gasteiger partial charge in [-0.05, 0) is 104 Å². The molecule has 0 aliphatic heterocycles. The molecule has 9 atom stereocenters. The van der Waals surface area contributed by atoms with Crippen LogP contribution in [0.5, 0.6) is 0 Å². The Morgan fingerprint density at radius 1 is 0.933 bits per heavy atom. The van der Waals surface area contributed by atoms with E-state index >= 15 is 0 Å². The molecule has 4 aliphatic carbocycles. The Labute approximate surface area is 187 Å². The Bertz CT molecular complexity index is 661. The third-order valence-electron chi connectivity index (χ3n) is 11.5. The fraction of sp³-hybridized carbons (Fsp3) is 0.931. The highest BCUT2D eigenvalue weighted by Crippen LogP contribution is 2.66. The molecule has 0 saturated heterocycles. The number of hydrogen-bond acceptors (Lipinski definition) is 1. The number of hydrogen-bond donors (Lipinski definition) is 1. The van der Waals surface area contributed by atoms with Crippen molar-refractivity contribution in [2.75, 3.05) is 0 Å². The van der Waals surface area contributed by atoms with Gasteiger partial charge < -0.3 is 5.11 Å². The number of fused-ring (bicyclic) bond motifs is 4. The summed E-state index contributed by atoms with van der Waals surface area (Å²) in [5.74, 6) is 5.47. The Hall–Kier alpha value is -0.300. The van der Waals surface area contributed by atoms with Crippen LogP contribution in [0.4, 0.5) is 0 Å². The second-order valence-electron chi connectivity index (χ2n) is 13.0. The SMILES string of the molecule is CC(C)[C@H](C)CC[C@@H](C)[C@H]1CCC2=C3CC[C@H]4[C@@H](C)[C@@H](O)CC[C@]4(C)[C@H]3CC[C@@]21C. The average Bonchev–Trinajstić information content (AvgIpc) is 3.06. The van der Waals surface area contributed by atoms with E-state index < -0.39 is 0 Å². The zero-order chi connectivity index (χ0) is 21.8. The number of aliphatic hydroxyl groups is 1. The smallest absolute Gasteiger partial charge is 0.0568 e. The molecule has 4 aliphatic rings. The van der Waals surface area contributed by atoms with Crippen LogP contribution in [0.15, 0.2) is 11.1 Å². The standard InChI is InChI=1S/C29H50O/c1-18(2)19(3)8-9-20(4)23-12-13-25-22-10-11-24-21(5)27(30)15-17-29(24,7)26(22)14-16-28(23,25)6/h18-21,23-24,26-27,30H,8-17H2,1-7H3/t19-,20-,21-,23-,24+,26+,27+,28-,29+/m1/s1. The molecule has 0 radical (unpaired) electrons. The predicted molar refractivity (Wildman–Crippen MR) is 128 cm³/mol. The van der Waals surface area contributed by atoms with E-state index in [9.17, 15) is 5.11 Å². The van der Waals surface area contributed by atoms with Gasteiger partial charge in [0.05, 0.1) is 6.10 Å². The van der Waals surface area contributed by atoms with Crippen molar-refractivity contribution in [3.63, 3.8) is 0 Å². The van der Waals surface area contributed by atoms with Crippen molar-refractivity contribution in [2.45, 2.75) is 119 Å². The van der Waals surface area contributed by atoms with Crippen LogP contribution in [0, 0.1) is 52.3 Å². The lowest BCUT2D eigenvalue weighted by atomic mass is 9.47. The molecule has 1 heteroatoms. The molecule has 0 bridgehead atoms. The molecule has 30 heavy (non-hydrogen) atoms. The van der Waals surface area contributed by atoms with E-state index in [0.29, 0.717) is 16.7 Å². The quantitative estimate of drug-likeness (QED) is 0.451. The minimum absolute atomic E-state index is 0.0592. The normalized spacial score (nSPS) is 45.7. The molecule has 0 aromatic heterocycles. The first-order chi connectivity index (χ1) is 14.1. The molecule has 0 aromatic carbocycles. The van der Waals surface area contributed by atoms with Crippen molar-refractivity contribution in [1.29, 1.82) is 0 Å². The summed E-state index contributed by atoms with van der Waals surface area (Å²) in [6.07, 6.45) is 13.3.